The SMILES string of the molecule is COC1CCN(C2CC(=O)NC2=O)C(CN)C1. The summed E-state index contributed by atoms with van der Waals surface area (Å²) >= 11 is 0. The van der Waals surface area contributed by atoms with Crippen LogP contribution in [0.3, 0.4) is 0 Å². The standard InChI is InChI=1S/C11H19N3O3/c1-17-8-2-3-14(7(4-8)6-12)9-5-10(15)13-11(9)16/h7-9H,2-6,12H2,1H3,(H,13,15,16). The van der Waals surface area contributed by atoms with Crippen molar-refractivity contribution in [3.63, 3.8) is 0 Å². The second kappa shape index (κ2) is 5.12. The minimum absolute atomic E-state index is 0.121. The van der Waals surface area contributed by atoms with Crippen LogP contribution in [0, 0.1) is 0 Å². The minimum Gasteiger partial charge on any atom is -0.381 e. The van der Waals surface area contributed by atoms with Gasteiger partial charge in [0.25, 0.3) is 0 Å². The Morgan fingerprint density at radius 3 is 2.82 bits per heavy atom. The predicted octanol–water partition coefficient (Wildman–Crippen LogP) is -1.16. The van der Waals surface area contributed by atoms with Crippen molar-refractivity contribution in [3.8, 4) is 0 Å². The molecule has 0 aromatic carbocycles. The van der Waals surface area contributed by atoms with Gasteiger partial charge in [-0.15, -0.1) is 0 Å². The summed E-state index contributed by atoms with van der Waals surface area (Å²) in [4.78, 5) is 24.9. The maximum Gasteiger partial charge on any atom is 0.244 e. The first-order valence-corrected chi connectivity index (χ1v) is 5.98. The molecular weight excluding hydrogens is 222 g/mol. The number of piperidine rings is 1. The average molecular weight is 241 g/mol. The summed E-state index contributed by atoms with van der Waals surface area (Å²) < 4.78 is 5.33. The Morgan fingerprint density at radius 1 is 1.53 bits per heavy atom. The van der Waals surface area contributed by atoms with Crippen molar-refractivity contribution in [3.05, 3.63) is 0 Å². The van der Waals surface area contributed by atoms with Crippen LogP contribution >= 0.6 is 0 Å². The molecule has 2 aliphatic rings. The van der Waals surface area contributed by atoms with Crippen LogP contribution in [-0.4, -0.2) is 55.1 Å². The molecule has 0 saturated carbocycles. The maximum absolute atomic E-state index is 11.7. The number of ether oxygens (including phenoxy) is 1. The quantitative estimate of drug-likeness (QED) is 0.609. The Labute approximate surface area is 100 Å². The number of rotatable bonds is 3. The highest BCUT2D eigenvalue weighted by molar-refractivity contribution is 6.05. The van der Waals surface area contributed by atoms with E-state index in [2.05, 4.69) is 10.2 Å². The number of nitrogens with two attached hydrogens (primary N) is 1. The van der Waals surface area contributed by atoms with Crippen LogP contribution in [0.2, 0.25) is 0 Å². The molecule has 3 unspecified atom stereocenters. The highest BCUT2D eigenvalue weighted by Gasteiger charge is 2.40. The van der Waals surface area contributed by atoms with Crippen molar-refractivity contribution in [1.82, 2.24) is 10.2 Å². The molecule has 0 spiro atoms. The van der Waals surface area contributed by atoms with Crippen molar-refractivity contribution in [2.24, 2.45) is 5.73 Å². The second-order valence-corrected chi connectivity index (χ2v) is 4.64. The highest BCUT2D eigenvalue weighted by atomic mass is 16.5. The van der Waals surface area contributed by atoms with Gasteiger partial charge in [-0.3, -0.25) is 19.8 Å². The predicted molar refractivity (Wildman–Crippen MR) is 61.1 cm³/mol. The molecule has 2 rings (SSSR count). The van der Waals surface area contributed by atoms with E-state index >= 15 is 0 Å². The van der Waals surface area contributed by atoms with Crippen molar-refractivity contribution < 1.29 is 14.3 Å². The van der Waals surface area contributed by atoms with Crippen LogP contribution in [-0.2, 0) is 14.3 Å². The number of carbonyl (C=O) groups is 2. The van der Waals surface area contributed by atoms with Gasteiger partial charge in [0.15, 0.2) is 0 Å². The first-order chi connectivity index (χ1) is 8.15. The Kier molecular flexibility index (Phi) is 3.76. The van der Waals surface area contributed by atoms with E-state index in [1.807, 2.05) is 0 Å². The summed E-state index contributed by atoms with van der Waals surface area (Å²) in [5.41, 5.74) is 5.74. The Hall–Kier alpha value is -0.980. The van der Waals surface area contributed by atoms with Gasteiger partial charge in [0.2, 0.25) is 11.8 Å². The molecule has 3 atom stereocenters. The van der Waals surface area contributed by atoms with E-state index in [0.29, 0.717) is 6.54 Å². The maximum atomic E-state index is 11.7. The zero-order valence-corrected chi connectivity index (χ0v) is 10.0. The van der Waals surface area contributed by atoms with Crippen molar-refractivity contribution in [2.45, 2.75) is 37.5 Å². The number of likely N-dealkylation sites (tertiary alicyclic amines) is 1. The van der Waals surface area contributed by atoms with Crippen molar-refractivity contribution >= 4 is 11.8 Å². The number of hydrogen-bond donors (Lipinski definition) is 2. The zero-order valence-electron chi connectivity index (χ0n) is 10.0. The molecule has 3 N–H and O–H groups in total. The lowest BCUT2D eigenvalue weighted by Gasteiger charge is -2.40. The molecule has 6 heteroatoms. The molecular formula is C11H19N3O3. The fraction of sp³-hybridized carbons (Fsp3) is 0.818. The van der Waals surface area contributed by atoms with Crippen molar-refractivity contribution in [1.29, 1.82) is 0 Å². The third kappa shape index (κ3) is 2.48. The number of hydrogen-bond acceptors (Lipinski definition) is 5. The molecule has 2 aliphatic heterocycles. The van der Waals surface area contributed by atoms with Gasteiger partial charge in [0.05, 0.1) is 18.6 Å². The Bertz CT molecular complexity index is 321. The van der Waals surface area contributed by atoms with Gasteiger partial charge in [-0.2, -0.15) is 0 Å². The van der Waals surface area contributed by atoms with Crippen LogP contribution in [0.15, 0.2) is 0 Å². The number of imide groups is 1. The van der Waals surface area contributed by atoms with E-state index in [1.165, 1.54) is 0 Å². The molecule has 0 radical (unpaired) electrons. The molecule has 2 heterocycles. The normalized spacial score (nSPS) is 35.1. The molecule has 0 aromatic rings. The van der Waals surface area contributed by atoms with E-state index in [-0.39, 0.29) is 36.4 Å². The third-order valence-electron chi connectivity index (χ3n) is 3.66. The Morgan fingerprint density at radius 2 is 2.29 bits per heavy atom. The number of nitrogens with one attached hydrogen (secondary N) is 1. The van der Waals surface area contributed by atoms with Crippen LogP contribution in [0.5, 0.6) is 0 Å². The lowest BCUT2D eigenvalue weighted by atomic mass is 9.96. The number of carbonyl (C=O) groups excluding carboxylic acids is 2. The number of methoxy groups -OCH3 is 1. The van der Waals surface area contributed by atoms with Gasteiger partial charge in [-0.05, 0) is 12.8 Å². The largest absolute Gasteiger partial charge is 0.381 e. The lowest BCUT2D eigenvalue weighted by Crippen LogP contribution is -2.54. The van der Waals surface area contributed by atoms with Gasteiger partial charge in [0.1, 0.15) is 0 Å². The summed E-state index contributed by atoms with van der Waals surface area (Å²) in [7, 11) is 1.69. The molecule has 2 fully saturated rings. The first-order valence-electron chi connectivity index (χ1n) is 5.98. The van der Waals surface area contributed by atoms with E-state index in [1.54, 1.807) is 7.11 Å². The number of nitrogens with zero attached hydrogens (tertiary/aromatic N) is 1. The summed E-state index contributed by atoms with van der Waals surface area (Å²) in [5, 5.41) is 2.34. The lowest BCUT2D eigenvalue weighted by molar-refractivity contribution is -0.127. The molecule has 6 nitrogen and oxygen atoms in total. The second-order valence-electron chi connectivity index (χ2n) is 4.64. The van der Waals surface area contributed by atoms with Crippen LogP contribution < -0.4 is 11.1 Å². The summed E-state index contributed by atoms with van der Waals surface area (Å²) in [6.07, 6.45) is 2.17. The van der Waals surface area contributed by atoms with E-state index in [0.717, 1.165) is 19.4 Å². The molecule has 17 heavy (non-hydrogen) atoms. The van der Waals surface area contributed by atoms with Gasteiger partial charge in [-0.1, -0.05) is 0 Å². The summed E-state index contributed by atoms with van der Waals surface area (Å²) in [6, 6.07) is -0.218. The first kappa shape index (κ1) is 12.5. The smallest absolute Gasteiger partial charge is 0.244 e. The van der Waals surface area contributed by atoms with Crippen LogP contribution in [0.25, 0.3) is 0 Å². The van der Waals surface area contributed by atoms with Gasteiger partial charge in [0, 0.05) is 26.2 Å². The topological polar surface area (TPSA) is 84.7 Å². The van der Waals surface area contributed by atoms with Gasteiger partial charge in [-0.25, -0.2) is 0 Å². The molecule has 2 saturated heterocycles. The van der Waals surface area contributed by atoms with Crippen LogP contribution in [0.1, 0.15) is 19.3 Å². The fourth-order valence-corrected chi connectivity index (χ4v) is 2.70. The van der Waals surface area contributed by atoms with Gasteiger partial charge >= 0.3 is 0 Å². The Balaban J connectivity index is 2.05. The van der Waals surface area contributed by atoms with Crippen LogP contribution in [0.4, 0.5) is 0 Å². The van der Waals surface area contributed by atoms with Gasteiger partial charge < -0.3 is 10.5 Å². The monoisotopic (exact) mass is 241 g/mol. The van der Waals surface area contributed by atoms with E-state index in [9.17, 15) is 9.59 Å². The van der Waals surface area contributed by atoms with Crippen molar-refractivity contribution in [2.75, 3.05) is 20.2 Å². The third-order valence-corrected chi connectivity index (χ3v) is 3.66. The summed E-state index contributed by atoms with van der Waals surface area (Å²) in [6.45, 7) is 1.24. The fourth-order valence-electron chi connectivity index (χ4n) is 2.70. The molecule has 0 aliphatic carbocycles. The minimum atomic E-state index is -0.339. The molecule has 2 amide bonds. The molecule has 0 bridgehead atoms. The highest BCUT2D eigenvalue weighted by Crippen LogP contribution is 2.24. The zero-order chi connectivity index (χ0) is 12.4. The van der Waals surface area contributed by atoms with E-state index in [4.69, 9.17) is 10.5 Å². The molecule has 96 valence electrons. The average Bonchev–Trinajstić information content (AvgIpc) is 2.67. The van der Waals surface area contributed by atoms with E-state index < -0.39 is 0 Å². The summed E-state index contributed by atoms with van der Waals surface area (Å²) in [5.74, 6) is -0.381. The molecule has 0 aromatic heterocycles. The number of amides is 2.